The Morgan fingerprint density at radius 2 is 2.03 bits per heavy atom. The number of esters is 1. The number of hydrogen-bond donors (Lipinski definition) is 1. The molecule has 1 amide bonds. The molecule has 0 atom stereocenters. The SMILES string of the molecule is CCCOC(=O)c1c(NC(=O)c2ccn(COc3ccccc3[N+](=O)[O-])n2)sc2c1CCCC2. The van der Waals surface area contributed by atoms with Crippen LogP contribution in [0.25, 0.3) is 0 Å². The molecule has 0 fully saturated rings. The number of nitrogens with zero attached hydrogens (tertiary/aromatic N) is 3. The smallest absolute Gasteiger partial charge is 0.341 e. The van der Waals surface area contributed by atoms with Crippen LogP contribution in [0.4, 0.5) is 10.7 Å². The molecule has 34 heavy (non-hydrogen) atoms. The van der Waals surface area contributed by atoms with Crippen molar-refractivity contribution >= 4 is 33.9 Å². The van der Waals surface area contributed by atoms with Gasteiger partial charge in [0.25, 0.3) is 5.91 Å². The summed E-state index contributed by atoms with van der Waals surface area (Å²) in [6, 6.07) is 7.54. The van der Waals surface area contributed by atoms with E-state index in [1.54, 1.807) is 18.3 Å². The van der Waals surface area contributed by atoms with Crippen LogP contribution < -0.4 is 10.1 Å². The van der Waals surface area contributed by atoms with Crippen LogP contribution in [0.1, 0.15) is 57.5 Å². The van der Waals surface area contributed by atoms with E-state index in [2.05, 4.69) is 10.4 Å². The molecule has 10 nitrogen and oxygen atoms in total. The van der Waals surface area contributed by atoms with E-state index >= 15 is 0 Å². The number of anilines is 1. The van der Waals surface area contributed by atoms with Gasteiger partial charge in [-0.05, 0) is 49.8 Å². The van der Waals surface area contributed by atoms with E-state index in [9.17, 15) is 19.7 Å². The van der Waals surface area contributed by atoms with Crippen LogP contribution in [-0.2, 0) is 24.3 Å². The van der Waals surface area contributed by atoms with E-state index in [0.717, 1.165) is 36.1 Å². The van der Waals surface area contributed by atoms with Gasteiger partial charge in [0.05, 0.1) is 17.1 Å². The van der Waals surface area contributed by atoms with Crippen LogP contribution in [0.3, 0.4) is 0 Å². The second-order valence-electron chi connectivity index (χ2n) is 7.74. The minimum atomic E-state index is -0.527. The lowest BCUT2D eigenvalue weighted by Crippen LogP contribution is -2.17. The molecule has 3 aromatic rings. The fourth-order valence-corrected chi connectivity index (χ4v) is 5.00. The van der Waals surface area contributed by atoms with Gasteiger partial charge in [-0.25, -0.2) is 9.48 Å². The molecule has 1 aromatic carbocycles. The van der Waals surface area contributed by atoms with E-state index in [-0.39, 0.29) is 23.9 Å². The van der Waals surface area contributed by atoms with Gasteiger partial charge in [0.15, 0.2) is 18.2 Å². The average molecular weight is 485 g/mol. The summed E-state index contributed by atoms with van der Waals surface area (Å²) in [6.45, 7) is 2.13. The number of aryl methyl sites for hydroxylation is 1. The molecule has 0 unspecified atom stereocenters. The van der Waals surface area contributed by atoms with E-state index in [0.29, 0.717) is 23.6 Å². The molecular weight excluding hydrogens is 460 g/mol. The van der Waals surface area contributed by atoms with Gasteiger partial charge in [-0.15, -0.1) is 11.3 Å². The molecule has 2 heterocycles. The van der Waals surface area contributed by atoms with Crippen molar-refractivity contribution in [3.8, 4) is 5.75 Å². The highest BCUT2D eigenvalue weighted by Crippen LogP contribution is 2.38. The first kappa shape index (κ1) is 23.4. The number of para-hydroxylation sites is 2. The zero-order valence-corrected chi connectivity index (χ0v) is 19.4. The highest BCUT2D eigenvalue weighted by molar-refractivity contribution is 7.17. The third kappa shape index (κ3) is 5.09. The van der Waals surface area contributed by atoms with Crippen molar-refractivity contribution in [2.24, 2.45) is 0 Å². The number of fused-ring (bicyclic) bond motifs is 1. The number of carbonyl (C=O) groups is 2. The van der Waals surface area contributed by atoms with Crippen LogP contribution in [0.5, 0.6) is 5.75 Å². The number of nitrogens with one attached hydrogen (secondary N) is 1. The predicted octanol–water partition coefficient (Wildman–Crippen LogP) is 4.59. The highest BCUT2D eigenvalue weighted by Gasteiger charge is 2.28. The maximum absolute atomic E-state index is 12.9. The number of thiophene rings is 1. The largest absolute Gasteiger partial charge is 0.464 e. The van der Waals surface area contributed by atoms with E-state index in [1.165, 1.54) is 34.2 Å². The third-order valence-electron chi connectivity index (χ3n) is 5.33. The number of benzene rings is 1. The zero-order chi connectivity index (χ0) is 24.1. The van der Waals surface area contributed by atoms with Crippen molar-refractivity contribution in [2.75, 3.05) is 11.9 Å². The summed E-state index contributed by atoms with van der Waals surface area (Å²) < 4.78 is 12.2. The Bertz CT molecular complexity index is 1220. The van der Waals surface area contributed by atoms with Crippen molar-refractivity contribution in [1.29, 1.82) is 0 Å². The van der Waals surface area contributed by atoms with Gasteiger partial charge < -0.3 is 14.8 Å². The van der Waals surface area contributed by atoms with Gasteiger partial charge >= 0.3 is 11.7 Å². The number of rotatable bonds is 9. The minimum Gasteiger partial charge on any atom is -0.464 e. The topological polar surface area (TPSA) is 126 Å². The standard InChI is InChI=1S/C23H24N4O6S/c1-2-13-32-23(29)20-15-7-3-6-10-19(15)34-22(20)24-21(28)16-11-12-26(25-16)14-33-18-9-5-4-8-17(18)27(30)31/h4-5,8-9,11-12H,2-3,6-7,10,13-14H2,1H3,(H,24,28). The molecule has 178 valence electrons. The number of carbonyl (C=O) groups excluding carboxylic acids is 2. The average Bonchev–Trinajstić information content (AvgIpc) is 3.46. The molecule has 0 aliphatic heterocycles. The molecule has 0 saturated carbocycles. The summed E-state index contributed by atoms with van der Waals surface area (Å²) in [5.74, 6) is -0.777. The molecule has 11 heteroatoms. The summed E-state index contributed by atoms with van der Waals surface area (Å²) in [5, 5.41) is 18.6. The molecule has 0 radical (unpaired) electrons. The van der Waals surface area contributed by atoms with E-state index in [4.69, 9.17) is 9.47 Å². The lowest BCUT2D eigenvalue weighted by Gasteiger charge is -2.12. The van der Waals surface area contributed by atoms with Crippen molar-refractivity contribution in [1.82, 2.24) is 9.78 Å². The monoisotopic (exact) mass is 484 g/mol. The summed E-state index contributed by atoms with van der Waals surface area (Å²) in [4.78, 5) is 37.3. The molecule has 2 aromatic heterocycles. The highest BCUT2D eigenvalue weighted by atomic mass is 32.1. The number of amides is 1. The molecular formula is C23H24N4O6S. The summed E-state index contributed by atoms with van der Waals surface area (Å²) in [7, 11) is 0. The lowest BCUT2D eigenvalue weighted by atomic mass is 9.95. The predicted molar refractivity (Wildman–Crippen MR) is 125 cm³/mol. The normalized spacial score (nSPS) is 12.6. The van der Waals surface area contributed by atoms with Crippen LogP contribution in [0.15, 0.2) is 36.5 Å². The van der Waals surface area contributed by atoms with Gasteiger partial charge in [0, 0.05) is 17.1 Å². The van der Waals surface area contributed by atoms with Gasteiger partial charge in [-0.2, -0.15) is 5.10 Å². The molecule has 1 aliphatic rings. The zero-order valence-electron chi connectivity index (χ0n) is 18.6. The van der Waals surface area contributed by atoms with Gasteiger partial charge in [0.2, 0.25) is 0 Å². The van der Waals surface area contributed by atoms with Crippen LogP contribution in [0.2, 0.25) is 0 Å². The molecule has 4 rings (SSSR count). The molecule has 0 saturated heterocycles. The molecule has 1 aliphatic carbocycles. The van der Waals surface area contributed by atoms with Gasteiger partial charge in [0.1, 0.15) is 5.00 Å². The lowest BCUT2D eigenvalue weighted by molar-refractivity contribution is -0.386. The van der Waals surface area contributed by atoms with E-state index < -0.39 is 16.8 Å². The second kappa shape index (κ2) is 10.5. The Morgan fingerprint density at radius 3 is 2.82 bits per heavy atom. The van der Waals surface area contributed by atoms with Gasteiger partial charge in [-0.1, -0.05) is 19.1 Å². The second-order valence-corrected chi connectivity index (χ2v) is 8.85. The van der Waals surface area contributed by atoms with Crippen LogP contribution >= 0.6 is 11.3 Å². The number of aromatic nitrogens is 2. The summed E-state index contributed by atoms with van der Waals surface area (Å²) >= 11 is 1.41. The first-order valence-electron chi connectivity index (χ1n) is 11.0. The Hall–Kier alpha value is -3.73. The molecule has 0 spiro atoms. The minimum absolute atomic E-state index is 0.105. The van der Waals surface area contributed by atoms with E-state index in [1.807, 2.05) is 6.92 Å². The quantitative estimate of drug-likeness (QED) is 0.267. The first-order valence-corrected chi connectivity index (χ1v) is 11.8. The summed E-state index contributed by atoms with van der Waals surface area (Å²) in [6.07, 6.45) is 5.96. The Balaban J connectivity index is 1.47. The summed E-state index contributed by atoms with van der Waals surface area (Å²) in [5.41, 5.74) is 1.39. The number of hydrogen-bond acceptors (Lipinski definition) is 8. The Labute approximate surface area is 199 Å². The maximum Gasteiger partial charge on any atom is 0.341 e. The number of nitro groups is 1. The van der Waals surface area contributed by atoms with Crippen molar-refractivity contribution in [3.05, 3.63) is 68.3 Å². The molecule has 0 bridgehead atoms. The van der Waals surface area contributed by atoms with Gasteiger partial charge in [-0.3, -0.25) is 14.9 Å². The van der Waals surface area contributed by atoms with Crippen molar-refractivity contribution < 1.29 is 24.0 Å². The number of nitro benzene ring substituents is 1. The fourth-order valence-electron chi connectivity index (χ4n) is 3.72. The van der Waals surface area contributed by atoms with Crippen LogP contribution in [0, 0.1) is 10.1 Å². The number of ether oxygens (including phenoxy) is 2. The third-order valence-corrected chi connectivity index (χ3v) is 6.53. The van der Waals surface area contributed by atoms with Crippen molar-refractivity contribution in [3.63, 3.8) is 0 Å². The Morgan fingerprint density at radius 1 is 1.24 bits per heavy atom. The first-order chi connectivity index (χ1) is 16.5. The fraction of sp³-hybridized carbons (Fsp3) is 0.348. The van der Waals surface area contributed by atoms with Crippen molar-refractivity contribution in [2.45, 2.75) is 45.8 Å². The molecule has 1 N–H and O–H groups in total. The Kier molecular flexibility index (Phi) is 7.21. The maximum atomic E-state index is 12.9. The van der Waals surface area contributed by atoms with Crippen LogP contribution in [-0.4, -0.2) is 33.2 Å².